The number of carbonyl (C=O) groups is 1. The fourth-order valence-corrected chi connectivity index (χ4v) is 3.03. The lowest BCUT2D eigenvalue weighted by atomic mass is 9.68. The molecule has 1 aliphatic carbocycles. The van der Waals surface area contributed by atoms with Gasteiger partial charge in [0.05, 0.1) is 29.2 Å². The Kier molecular flexibility index (Phi) is 3.32. The lowest BCUT2D eigenvalue weighted by Gasteiger charge is -2.41. The van der Waals surface area contributed by atoms with E-state index in [9.17, 15) is 19.5 Å². The predicted molar refractivity (Wildman–Crippen MR) is 87.4 cm³/mol. The van der Waals surface area contributed by atoms with Crippen LogP contribution in [0.4, 0.5) is 11.4 Å². The van der Waals surface area contributed by atoms with Crippen LogP contribution >= 0.6 is 0 Å². The van der Waals surface area contributed by atoms with E-state index < -0.39 is 28.4 Å². The molecular weight excluding hydrogens is 310 g/mol. The van der Waals surface area contributed by atoms with E-state index in [0.717, 1.165) is 0 Å². The van der Waals surface area contributed by atoms with Crippen LogP contribution in [0.5, 0.6) is 0 Å². The Bertz CT molecular complexity index is 977. The molecule has 0 fully saturated rings. The standard InChI is InChI=1S/C17H15N3O4/c1-17(2)15(23)8-4-3-7(6-18)5-9(8)11(16(17)24)20-12-10(19)13(21)14(12)22/h3-5,11,16,20,24H,19H2,1-2H3/t11-,16+/m0/s1. The molecular formula is C17H15N3O4. The van der Waals surface area contributed by atoms with E-state index in [1.54, 1.807) is 13.8 Å². The number of benzene rings is 1. The number of fused-ring (bicyclic) bond motifs is 1. The summed E-state index contributed by atoms with van der Waals surface area (Å²) >= 11 is 0. The van der Waals surface area contributed by atoms with Gasteiger partial charge in [0, 0.05) is 5.56 Å². The van der Waals surface area contributed by atoms with Gasteiger partial charge in [-0.05, 0) is 37.6 Å². The largest absolute Gasteiger partial charge is 0.394 e. The summed E-state index contributed by atoms with van der Waals surface area (Å²) < 4.78 is 0. The molecule has 24 heavy (non-hydrogen) atoms. The second kappa shape index (κ2) is 5.01. The molecule has 1 aliphatic rings. The third-order valence-electron chi connectivity index (χ3n) is 4.65. The molecule has 0 spiro atoms. The molecule has 2 aromatic carbocycles. The zero-order chi connectivity index (χ0) is 17.8. The van der Waals surface area contributed by atoms with Crippen molar-refractivity contribution in [2.45, 2.75) is 26.0 Å². The molecule has 0 radical (unpaired) electrons. The first-order valence-electron chi connectivity index (χ1n) is 7.32. The van der Waals surface area contributed by atoms with Gasteiger partial charge in [-0.1, -0.05) is 0 Å². The number of nitrogens with zero attached hydrogens (tertiary/aromatic N) is 1. The lowest BCUT2D eigenvalue weighted by molar-refractivity contribution is 0.0245. The Morgan fingerprint density at radius 2 is 1.92 bits per heavy atom. The van der Waals surface area contributed by atoms with Crippen LogP contribution in [-0.2, 0) is 0 Å². The molecule has 0 heterocycles. The fraction of sp³-hybridized carbons (Fsp3) is 0.294. The van der Waals surface area contributed by atoms with Gasteiger partial charge in [-0.2, -0.15) is 5.26 Å². The number of aliphatic hydroxyl groups is 1. The number of hydrogen-bond acceptors (Lipinski definition) is 7. The Balaban J connectivity index is 2.16. The third kappa shape index (κ3) is 1.97. The number of hydrogen-bond donors (Lipinski definition) is 3. The number of aliphatic hydroxyl groups excluding tert-OH is 1. The van der Waals surface area contributed by atoms with Crippen LogP contribution in [-0.4, -0.2) is 17.0 Å². The van der Waals surface area contributed by atoms with Gasteiger partial charge in [-0.15, -0.1) is 0 Å². The average Bonchev–Trinajstić information content (AvgIpc) is 2.59. The zero-order valence-corrected chi connectivity index (χ0v) is 13.1. The summed E-state index contributed by atoms with van der Waals surface area (Å²) in [6, 6.07) is 5.68. The van der Waals surface area contributed by atoms with Gasteiger partial charge in [0.15, 0.2) is 5.78 Å². The maximum absolute atomic E-state index is 12.6. The average molecular weight is 325 g/mol. The smallest absolute Gasteiger partial charge is 0.253 e. The molecule has 2 aromatic rings. The number of nitrogens with two attached hydrogens (primary N) is 1. The number of rotatable bonds is 2. The highest BCUT2D eigenvalue weighted by Crippen LogP contribution is 2.42. The van der Waals surface area contributed by atoms with E-state index in [0.29, 0.717) is 16.7 Å². The van der Waals surface area contributed by atoms with E-state index in [1.807, 2.05) is 6.07 Å². The van der Waals surface area contributed by atoms with Crippen LogP contribution in [0.15, 0.2) is 27.8 Å². The molecule has 0 saturated heterocycles. The number of carbonyl (C=O) groups excluding carboxylic acids is 1. The summed E-state index contributed by atoms with van der Waals surface area (Å²) in [7, 11) is 0. The molecule has 122 valence electrons. The highest BCUT2D eigenvalue weighted by molar-refractivity contribution is 6.03. The molecule has 0 aliphatic heterocycles. The first-order valence-corrected chi connectivity index (χ1v) is 7.32. The maximum Gasteiger partial charge on any atom is 0.253 e. The fourth-order valence-electron chi connectivity index (χ4n) is 3.03. The molecule has 4 N–H and O–H groups in total. The van der Waals surface area contributed by atoms with Crippen molar-refractivity contribution < 1.29 is 9.90 Å². The van der Waals surface area contributed by atoms with E-state index in [-0.39, 0.29) is 17.2 Å². The van der Waals surface area contributed by atoms with Crippen LogP contribution in [0.2, 0.25) is 0 Å². The van der Waals surface area contributed by atoms with Crippen molar-refractivity contribution >= 4 is 17.2 Å². The highest BCUT2D eigenvalue weighted by atomic mass is 16.3. The van der Waals surface area contributed by atoms with Crippen molar-refractivity contribution in [3.63, 3.8) is 0 Å². The number of Topliss-reactive ketones (excluding diaryl/α,β-unsaturated/α-hetero) is 1. The van der Waals surface area contributed by atoms with Gasteiger partial charge >= 0.3 is 0 Å². The van der Waals surface area contributed by atoms with Crippen molar-refractivity contribution in [3.8, 4) is 6.07 Å². The second-order valence-electron chi connectivity index (χ2n) is 6.48. The molecule has 7 nitrogen and oxygen atoms in total. The molecule has 0 bridgehead atoms. The normalized spacial score (nSPS) is 22.0. The number of nitrogen functional groups attached to an aromatic ring is 1. The van der Waals surface area contributed by atoms with Crippen molar-refractivity contribution in [1.82, 2.24) is 0 Å². The van der Waals surface area contributed by atoms with Crippen molar-refractivity contribution in [2.24, 2.45) is 5.41 Å². The minimum absolute atomic E-state index is 0.0671. The summed E-state index contributed by atoms with van der Waals surface area (Å²) in [5, 5.41) is 22.5. The molecule has 0 saturated carbocycles. The van der Waals surface area contributed by atoms with E-state index in [1.165, 1.54) is 18.2 Å². The number of anilines is 2. The Labute approximate surface area is 137 Å². The van der Waals surface area contributed by atoms with Crippen LogP contribution in [0.25, 0.3) is 0 Å². The topological polar surface area (TPSA) is 133 Å². The third-order valence-corrected chi connectivity index (χ3v) is 4.65. The van der Waals surface area contributed by atoms with Crippen LogP contribution in [0.1, 0.15) is 41.4 Å². The Hall–Kier alpha value is -2.98. The summed E-state index contributed by atoms with van der Waals surface area (Å²) in [4.78, 5) is 35.6. The van der Waals surface area contributed by atoms with E-state index in [4.69, 9.17) is 11.0 Å². The maximum atomic E-state index is 12.6. The monoisotopic (exact) mass is 325 g/mol. The SMILES string of the molecule is CC1(C)C(=O)c2ccc(C#N)cc2[C@H](Nc2c(N)c(=O)c2=O)[C@H]1O. The quantitative estimate of drug-likeness (QED) is 0.683. The summed E-state index contributed by atoms with van der Waals surface area (Å²) in [5.74, 6) is -0.259. The van der Waals surface area contributed by atoms with Crippen LogP contribution in [0, 0.1) is 16.7 Å². The van der Waals surface area contributed by atoms with Gasteiger partial charge in [0.25, 0.3) is 10.9 Å². The van der Waals surface area contributed by atoms with Crippen LogP contribution in [0.3, 0.4) is 0 Å². The first-order chi connectivity index (χ1) is 11.2. The number of ketones is 1. The van der Waals surface area contributed by atoms with Gasteiger partial charge in [0.2, 0.25) is 0 Å². The second-order valence-corrected chi connectivity index (χ2v) is 6.48. The number of nitrogens with one attached hydrogen (secondary N) is 1. The summed E-state index contributed by atoms with van der Waals surface area (Å²) in [6.07, 6.45) is -1.17. The van der Waals surface area contributed by atoms with Crippen molar-refractivity contribution in [1.29, 1.82) is 5.26 Å². The molecule has 0 amide bonds. The highest BCUT2D eigenvalue weighted by Gasteiger charge is 2.47. The van der Waals surface area contributed by atoms with Gasteiger partial charge in [-0.3, -0.25) is 14.4 Å². The zero-order valence-electron chi connectivity index (χ0n) is 13.1. The Morgan fingerprint density at radius 1 is 1.25 bits per heavy atom. The molecule has 7 heteroatoms. The Morgan fingerprint density at radius 3 is 2.50 bits per heavy atom. The molecule has 3 rings (SSSR count). The van der Waals surface area contributed by atoms with Crippen LogP contribution < -0.4 is 21.9 Å². The summed E-state index contributed by atoms with van der Waals surface area (Å²) in [6.45, 7) is 3.20. The molecule has 2 atom stereocenters. The van der Waals surface area contributed by atoms with Crippen molar-refractivity contribution in [3.05, 3.63) is 55.3 Å². The van der Waals surface area contributed by atoms with E-state index in [2.05, 4.69) is 5.32 Å². The lowest BCUT2D eigenvalue weighted by Crippen LogP contribution is -2.49. The first kappa shape index (κ1) is 15.9. The van der Waals surface area contributed by atoms with Gasteiger partial charge in [-0.25, -0.2) is 0 Å². The predicted octanol–water partition coefficient (Wildman–Crippen LogP) is 0.473. The number of nitriles is 1. The van der Waals surface area contributed by atoms with E-state index >= 15 is 0 Å². The van der Waals surface area contributed by atoms with Crippen molar-refractivity contribution in [2.75, 3.05) is 11.1 Å². The van der Waals surface area contributed by atoms with Gasteiger partial charge < -0.3 is 16.2 Å². The van der Waals surface area contributed by atoms with Gasteiger partial charge in [0.1, 0.15) is 11.4 Å². The molecule has 0 aromatic heterocycles. The minimum Gasteiger partial charge on any atom is -0.394 e. The summed E-state index contributed by atoms with van der Waals surface area (Å²) in [5.41, 5.74) is 3.72. The minimum atomic E-state index is -1.17. The molecule has 0 unspecified atom stereocenters.